The Morgan fingerprint density at radius 1 is 1.24 bits per heavy atom. The van der Waals surface area contributed by atoms with Crippen molar-refractivity contribution < 1.29 is 19.2 Å². The molecule has 0 bridgehead atoms. The molecule has 1 N–H and O–H groups in total. The van der Waals surface area contributed by atoms with Crippen LogP contribution < -0.4 is 14.4 Å². The summed E-state index contributed by atoms with van der Waals surface area (Å²) in [5, 5.41) is 0. The van der Waals surface area contributed by atoms with Gasteiger partial charge in [-0.15, -0.1) is 0 Å². The lowest BCUT2D eigenvalue weighted by Crippen LogP contribution is -3.11. The number of benzene rings is 1. The number of methoxy groups -OCH3 is 2. The highest BCUT2D eigenvalue weighted by atomic mass is 16.5. The second kappa shape index (κ2) is 9.66. The van der Waals surface area contributed by atoms with Gasteiger partial charge in [-0.1, -0.05) is 19.4 Å². The smallest absolute Gasteiger partial charge is 0.225 e. The van der Waals surface area contributed by atoms with E-state index in [2.05, 4.69) is 13.0 Å². The van der Waals surface area contributed by atoms with Gasteiger partial charge in [0.1, 0.15) is 6.54 Å². The zero-order valence-corrected chi connectivity index (χ0v) is 16.1. The Labute approximate surface area is 151 Å². The van der Waals surface area contributed by atoms with Crippen molar-refractivity contribution in [2.45, 2.75) is 39.2 Å². The van der Waals surface area contributed by atoms with Gasteiger partial charge in [-0.05, 0) is 18.6 Å². The van der Waals surface area contributed by atoms with E-state index in [1.807, 2.05) is 24.1 Å². The van der Waals surface area contributed by atoms with E-state index >= 15 is 0 Å². The van der Waals surface area contributed by atoms with Gasteiger partial charge in [0, 0.05) is 32.4 Å². The lowest BCUT2D eigenvalue weighted by atomic mass is 9.95. The number of quaternary nitrogens is 1. The van der Waals surface area contributed by atoms with Crippen LogP contribution in [-0.2, 0) is 11.3 Å². The number of hydrogen-bond acceptors (Lipinski definition) is 3. The molecule has 1 aliphatic rings. The number of hydrogen-bond donors (Lipinski definition) is 1. The molecule has 0 unspecified atom stereocenters. The summed E-state index contributed by atoms with van der Waals surface area (Å²) in [7, 11) is 5.30. The van der Waals surface area contributed by atoms with E-state index in [1.54, 1.807) is 14.2 Å². The maximum Gasteiger partial charge on any atom is 0.225 e. The number of amides is 1. The molecule has 1 fully saturated rings. The van der Waals surface area contributed by atoms with Crippen LogP contribution in [0.4, 0.5) is 0 Å². The molecule has 5 heteroatoms. The van der Waals surface area contributed by atoms with Crippen molar-refractivity contribution in [1.82, 2.24) is 4.90 Å². The summed E-state index contributed by atoms with van der Waals surface area (Å²) in [6.45, 7) is 6.00. The van der Waals surface area contributed by atoms with Crippen molar-refractivity contribution in [2.75, 3.05) is 40.9 Å². The molecule has 1 heterocycles. The fourth-order valence-corrected chi connectivity index (χ4v) is 3.63. The largest absolute Gasteiger partial charge is 0.493 e. The van der Waals surface area contributed by atoms with Crippen molar-refractivity contribution in [3.8, 4) is 11.5 Å². The number of ether oxygens (including phenoxy) is 2. The van der Waals surface area contributed by atoms with E-state index in [9.17, 15) is 4.79 Å². The number of carbonyl (C=O) groups is 1. The molecule has 1 saturated heterocycles. The van der Waals surface area contributed by atoms with E-state index in [0.717, 1.165) is 63.4 Å². The first kappa shape index (κ1) is 19.6. The molecule has 0 atom stereocenters. The summed E-state index contributed by atoms with van der Waals surface area (Å²) < 4.78 is 10.9. The van der Waals surface area contributed by atoms with E-state index in [-0.39, 0.29) is 5.92 Å². The summed E-state index contributed by atoms with van der Waals surface area (Å²) in [5.74, 6) is 2.13. The number of nitrogens with one attached hydrogen (secondary N) is 1. The molecule has 0 spiro atoms. The molecule has 2 rings (SSSR count). The molecule has 0 aromatic heterocycles. The predicted molar refractivity (Wildman–Crippen MR) is 99.2 cm³/mol. The molecule has 5 nitrogen and oxygen atoms in total. The first-order valence-corrected chi connectivity index (χ1v) is 9.39. The standard InChI is InChI=1S/C20H32N2O3/c1-5-6-12-21(2)20(23)16-10-13-22(14-11-16)15-17-8-7-9-18(24-3)19(17)25-4/h7-9,16H,5-6,10-15H2,1-4H3/p+1. The summed E-state index contributed by atoms with van der Waals surface area (Å²) in [5.41, 5.74) is 1.17. The van der Waals surface area contributed by atoms with Gasteiger partial charge in [0.2, 0.25) is 5.91 Å². The van der Waals surface area contributed by atoms with Gasteiger partial charge in [-0.3, -0.25) is 4.79 Å². The van der Waals surface area contributed by atoms with Gasteiger partial charge in [0.05, 0.1) is 32.9 Å². The Kier molecular flexibility index (Phi) is 7.56. The number of rotatable bonds is 8. The summed E-state index contributed by atoms with van der Waals surface area (Å²) in [4.78, 5) is 16.0. The van der Waals surface area contributed by atoms with Gasteiger partial charge < -0.3 is 19.3 Å². The number of nitrogens with zero attached hydrogens (tertiary/aromatic N) is 1. The lowest BCUT2D eigenvalue weighted by molar-refractivity contribution is -0.919. The number of piperidine rings is 1. The molecule has 1 aromatic rings. The highest BCUT2D eigenvalue weighted by molar-refractivity contribution is 5.78. The van der Waals surface area contributed by atoms with Crippen LogP contribution in [0, 0.1) is 5.92 Å². The molecule has 140 valence electrons. The normalized spacial score (nSPS) is 20.2. The minimum atomic E-state index is 0.192. The highest BCUT2D eigenvalue weighted by Gasteiger charge is 2.29. The van der Waals surface area contributed by atoms with Crippen LogP contribution in [0.3, 0.4) is 0 Å². The number of likely N-dealkylation sites (tertiary alicyclic amines) is 1. The quantitative estimate of drug-likeness (QED) is 0.778. The SMILES string of the molecule is CCCCN(C)C(=O)C1CC[NH+](Cc2cccc(OC)c2OC)CC1. The van der Waals surface area contributed by atoms with Crippen molar-refractivity contribution in [2.24, 2.45) is 5.92 Å². The van der Waals surface area contributed by atoms with Crippen LogP contribution in [-0.4, -0.2) is 51.7 Å². The molecule has 1 amide bonds. The van der Waals surface area contributed by atoms with Crippen molar-refractivity contribution >= 4 is 5.91 Å². The summed E-state index contributed by atoms with van der Waals surface area (Å²) >= 11 is 0. The molecule has 0 saturated carbocycles. The van der Waals surface area contributed by atoms with E-state index in [0.29, 0.717) is 5.91 Å². The Morgan fingerprint density at radius 3 is 2.56 bits per heavy atom. The highest BCUT2D eigenvalue weighted by Crippen LogP contribution is 2.30. The minimum Gasteiger partial charge on any atom is -0.493 e. The summed E-state index contributed by atoms with van der Waals surface area (Å²) in [6, 6.07) is 6.04. The summed E-state index contributed by atoms with van der Waals surface area (Å²) in [6.07, 6.45) is 4.15. The Morgan fingerprint density at radius 2 is 1.96 bits per heavy atom. The van der Waals surface area contributed by atoms with Crippen LogP contribution in [0.25, 0.3) is 0 Å². The maximum atomic E-state index is 12.5. The zero-order valence-electron chi connectivity index (χ0n) is 16.1. The Hall–Kier alpha value is -1.75. The van der Waals surface area contributed by atoms with Crippen molar-refractivity contribution in [3.63, 3.8) is 0 Å². The first-order valence-electron chi connectivity index (χ1n) is 9.39. The van der Waals surface area contributed by atoms with Gasteiger partial charge in [-0.2, -0.15) is 0 Å². The third-order valence-corrected chi connectivity index (χ3v) is 5.19. The van der Waals surface area contributed by atoms with Crippen LogP contribution >= 0.6 is 0 Å². The third-order valence-electron chi connectivity index (χ3n) is 5.19. The lowest BCUT2D eigenvalue weighted by Gasteiger charge is -2.31. The fraction of sp³-hybridized carbons (Fsp3) is 0.650. The molecular weight excluding hydrogens is 316 g/mol. The fourth-order valence-electron chi connectivity index (χ4n) is 3.63. The molecular formula is C20H33N2O3+. The van der Waals surface area contributed by atoms with Crippen molar-refractivity contribution in [1.29, 1.82) is 0 Å². The topological polar surface area (TPSA) is 43.2 Å². The van der Waals surface area contributed by atoms with Gasteiger partial charge in [0.25, 0.3) is 0 Å². The molecule has 1 aromatic carbocycles. The zero-order chi connectivity index (χ0) is 18.2. The molecule has 0 radical (unpaired) electrons. The third kappa shape index (κ3) is 5.11. The second-order valence-electron chi connectivity index (χ2n) is 6.97. The van der Waals surface area contributed by atoms with Gasteiger partial charge in [-0.25, -0.2) is 0 Å². The number of carbonyl (C=O) groups excluding carboxylic acids is 1. The molecule has 1 aliphatic heterocycles. The number of unbranched alkanes of at least 4 members (excludes halogenated alkanes) is 1. The Balaban J connectivity index is 1.90. The minimum absolute atomic E-state index is 0.192. The molecule has 25 heavy (non-hydrogen) atoms. The first-order chi connectivity index (χ1) is 12.1. The van der Waals surface area contributed by atoms with Gasteiger partial charge >= 0.3 is 0 Å². The van der Waals surface area contributed by atoms with E-state index in [4.69, 9.17) is 9.47 Å². The second-order valence-corrected chi connectivity index (χ2v) is 6.97. The Bertz CT molecular complexity index is 554. The average molecular weight is 349 g/mol. The van der Waals surface area contributed by atoms with Crippen LogP contribution in [0.15, 0.2) is 18.2 Å². The van der Waals surface area contributed by atoms with E-state index < -0.39 is 0 Å². The van der Waals surface area contributed by atoms with Crippen LogP contribution in [0.2, 0.25) is 0 Å². The van der Waals surface area contributed by atoms with Crippen LogP contribution in [0.1, 0.15) is 38.2 Å². The van der Waals surface area contributed by atoms with Gasteiger partial charge in [0.15, 0.2) is 11.5 Å². The monoisotopic (exact) mass is 349 g/mol. The maximum absolute atomic E-state index is 12.5. The van der Waals surface area contributed by atoms with Crippen molar-refractivity contribution in [3.05, 3.63) is 23.8 Å². The molecule has 0 aliphatic carbocycles. The number of para-hydroxylation sites is 1. The van der Waals surface area contributed by atoms with Crippen LogP contribution in [0.5, 0.6) is 11.5 Å². The predicted octanol–water partition coefficient (Wildman–Crippen LogP) is 1.76. The average Bonchev–Trinajstić information content (AvgIpc) is 2.65. The van der Waals surface area contributed by atoms with E-state index in [1.165, 1.54) is 10.5 Å².